The molecule has 0 aliphatic heterocycles. The van der Waals surface area contributed by atoms with Gasteiger partial charge in [-0.1, -0.05) is 18.2 Å². The van der Waals surface area contributed by atoms with Crippen LogP contribution in [0.2, 0.25) is 0 Å². The largest absolute Gasteiger partial charge is 0.493 e. The summed E-state index contributed by atoms with van der Waals surface area (Å²) in [7, 11) is 3.22. The molecule has 0 spiro atoms. The van der Waals surface area contributed by atoms with Crippen molar-refractivity contribution in [3.8, 4) is 28.8 Å². The number of pyridine rings is 1. The normalized spacial score (nSPS) is 10.7. The van der Waals surface area contributed by atoms with Crippen molar-refractivity contribution in [3.05, 3.63) is 60.2 Å². The van der Waals surface area contributed by atoms with Crippen LogP contribution in [0, 0.1) is 11.3 Å². The molecule has 0 fully saturated rings. The first-order chi connectivity index (χ1) is 11.8. The third kappa shape index (κ3) is 2.92. The first-order valence-corrected chi connectivity index (χ1v) is 7.45. The Kier molecular flexibility index (Phi) is 4.44. The van der Waals surface area contributed by atoms with Crippen LogP contribution < -0.4 is 9.47 Å². The summed E-state index contributed by atoms with van der Waals surface area (Å²) in [6, 6.07) is 17.6. The van der Waals surface area contributed by atoms with Crippen molar-refractivity contribution in [2.75, 3.05) is 14.2 Å². The van der Waals surface area contributed by atoms with Crippen LogP contribution >= 0.6 is 0 Å². The molecule has 3 rings (SSSR count). The predicted octanol–water partition coefficient (Wildman–Crippen LogP) is 4.46. The van der Waals surface area contributed by atoms with Gasteiger partial charge in [0.25, 0.3) is 0 Å². The van der Waals surface area contributed by atoms with Gasteiger partial charge in [-0.25, -0.2) is 4.98 Å². The summed E-state index contributed by atoms with van der Waals surface area (Å²) in [5.41, 5.74) is 3.56. The predicted molar refractivity (Wildman–Crippen MR) is 94.9 cm³/mol. The van der Waals surface area contributed by atoms with Crippen LogP contribution in [-0.4, -0.2) is 19.2 Å². The molecule has 3 aromatic rings. The Morgan fingerprint density at radius 3 is 2.54 bits per heavy atom. The Balaban J connectivity index is 2.20. The summed E-state index contributed by atoms with van der Waals surface area (Å²) in [5.74, 6) is 1.32. The SMILES string of the molecule is COc1ccc(-c2cc(C=CC#N)c3ccccc3n2)cc1OC. The van der Waals surface area contributed by atoms with Crippen molar-refractivity contribution in [2.24, 2.45) is 0 Å². The standard InChI is InChI=1S/C20H16N2O2/c1-23-19-10-9-15(13-20(19)24-2)18-12-14(6-5-11-21)16-7-3-4-8-17(16)22-18/h3-10,12-13H,1-2H3. The van der Waals surface area contributed by atoms with Gasteiger partial charge < -0.3 is 9.47 Å². The number of nitrogens with zero attached hydrogens (tertiary/aromatic N) is 2. The van der Waals surface area contributed by atoms with Crippen molar-refractivity contribution in [1.29, 1.82) is 5.26 Å². The number of allylic oxidation sites excluding steroid dienone is 1. The zero-order valence-corrected chi connectivity index (χ0v) is 13.5. The lowest BCUT2D eigenvalue weighted by atomic mass is 10.0. The fourth-order valence-corrected chi connectivity index (χ4v) is 2.61. The van der Waals surface area contributed by atoms with E-state index in [2.05, 4.69) is 0 Å². The summed E-state index contributed by atoms with van der Waals surface area (Å²) in [4.78, 5) is 4.73. The number of fused-ring (bicyclic) bond motifs is 1. The molecule has 0 aliphatic rings. The quantitative estimate of drug-likeness (QED) is 0.667. The number of benzene rings is 2. The van der Waals surface area contributed by atoms with Crippen molar-refractivity contribution in [1.82, 2.24) is 4.98 Å². The summed E-state index contributed by atoms with van der Waals surface area (Å²) in [5, 5.41) is 9.84. The highest BCUT2D eigenvalue weighted by Gasteiger charge is 2.09. The van der Waals surface area contributed by atoms with Crippen LogP contribution in [0.5, 0.6) is 11.5 Å². The molecule has 0 saturated carbocycles. The van der Waals surface area contributed by atoms with E-state index in [9.17, 15) is 0 Å². The van der Waals surface area contributed by atoms with E-state index in [0.29, 0.717) is 11.5 Å². The van der Waals surface area contributed by atoms with Gasteiger partial charge in [0.05, 0.1) is 31.5 Å². The molecule has 24 heavy (non-hydrogen) atoms. The second-order valence-electron chi connectivity index (χ2n) is 5.15. The number of para-hydroxylation sites is 1. The second kappa shape index (κ2) is 6.84. The molecule has 0 N–H and O–H groups in total. The maximum absolute atomic E-state index is 8.83. The third-order valence-corrected chi connectivity index (χ3v) is 3.76. The monoisotopic (exact) mass is 316 g/mol. The number of ether oxygens (including phenoxy) is 2. The molecule has 0 amide bonds. The van der Waals surface area contributed by atoms with Crippen LogP contribution in [0.15, 0.2) is 54.6 Å². The van der Waals surface area contributed by atoms with Gasteiger partial charge in [0.1, 0.15) is 0 Å². The zero-order chi connectivity index (χ0) is 16.9. The maximum Gasteiger partial charge on any atom is 0.161 e. The van der Waals surface area contributed by atoms with Gasteiger partial charge in [-0.05, 0) is 42.0 Å². The van der Waals surface area contributed by atoms with Gasteiger partial charge in [-0.2, -0.15) is 5.26 Å². The van der Waals surface area contributed by atoms with Crippen LogP contribution in [0.25, 0.3) is 28.2 Å². The van der Waals surface area contributed by atoms with Gasteiger partial charge in [0, 0.05) is 17.0 Å². The minimum absolute atomic E-state index is 0.652. The topological polar surface area (TPSA) is 55.1 Å². The van der Waals surface area contributed by atoms with Crippen LogP contribution in [0.4, 0.5) is 0 Å². The average molecular weight is 316 g/mol. The minimum atomic E-state index is 0.652. The number of rotatable bonds is 4. The number of hydrogen-bond acceptors (Lipinski definition) is 4. The lowest BCUT2D eigenvalue weighted by Crippen LogP contribution is -1.93. The first kappa shape index (κ1) is 15.6. The number of aromatic nitrogens is 1. The molecule has 0 unspecified atom stereocenters. The molecule has 1 heterocycles. The molecule has 1 aromatic heterocycles. The number of methoxy groups -OCH3 is 2. The molecule has 0 radical (unpaired) electrons. The molecule has 0 aliphatic carbocycles. The second-order valence-corrected chi connectivity index (χ2v) is 5.15. The van der Waals surface area contributed by atoms with Gasteiger partial charge in [0.15, 0.2) is 11.5 Å². The van der Waals surface area contributed by atoms with Crippen molar-refractivity contribution in [3.63, 3.8) is 0 Å². The van der Waals surface area contributed by atoms with E-state index >= 15 is 0 Å². The highest BCUT2D eigenvalue weighted by molar-refractivity contribution is 5.90. The van der Waals surface area contributed by atoms with Gasteiger partial charge >= 0.3 is 0 Å². The molecule has 4 nitrogen and oxygen atoms in total. The van der Waals surface area contributed by atoms with Gasteiger partial charge in [0.2, 0.25) is 0 Å². The number of nitriles is 1. The Bertz CT molecular complexity index is 956. The Labute approximate surface area is 140 Å². The minimum Gasteiger partial charge on any atom is -0.493 e. The highest BCUT2D eigenvalue weighted by Crippen LogP contribution is 2.33. The van der Waals surface area contributed by atoms with E-state index in [1.165, 1.54) is 6.08 Å². The van der Waals surface area contributed by atoms with E-state index in [1.807, 2.05) is 54.6 Å². The molecule has 0 bridgehead atoms. The zero-order valence-electron chi connectivity index (χ0n) is 13.5. The molecule has 2 aromatic carbocycles. The molecule has 0 atom stereocenters. The van der Waals surface area contributed by atoms with E-state index in [0.717, 1.165) is 27.7 Å². The molecular formula is C20H16N2O2. The third-order valence-electron chi connectivity index (χ3n) is 3.76. The van der Waals surface area contributed by atoms with Crippen LogP contribution in [-0.2, 0) is 0 Å². The molecule has 118 valence electrons. The highest BCUT2D eigenvalue weighted by atomic mass is 16.5. The van der Waals surface area contributed by atoms with E-state index in [4.69, 9.17) is 19.7 Å². The van der Waals surface area contributed by atoms with E-state index in [1.54, 1.807) is 20.3 Å². The van der Waals surface area contributed by atoms with Crippen molar-refractivity contribution >= 4 is 17.0 Å². The number of hydrogen-bond donors (Lipinski definition) is 0. The maximum atomic E-state index is 8.83. The van der Waals surface area contributed by atoms with E-state index in [-0.39, 0.29) is 0 Å². The summed E-state index contributed by atoms with van der Waals surface area (Å²) < 4.78 is 10.7. The molecule has 0 saturated heterocycles. The lowest BCUT2D eigenvalue weighted by molar-refractivity contribution is 0.355. The average Bonchev–Trinajstić information content (AvgIpc) is 2.65. The smallest absolute Gasteiger partial charge is 0.161 e. The first-order valence-electron chi connectivity index (χ1n) is 7.45. The van der Waals surface area contributed by atoms with Crippen LogP contribution in [0.1, 0.15) is 5.56 Å². The Morgan fingerprint density at radius 1 is 1.00 bits per heavy atom. The summed E-state index contributed by atoms with van der Waals surface area (Å²) in [6.07, 6.45) is 3.27. The van der Waals surface area contributed by atoms with Crippen molar-refractivity contribution < 1.29 is 9.47 Å². The van der Waals surface area contributed by atoms with Crippen LogP contribution in [0.3, 0.4) is 0 Å². The molecule has 4 heteroatoms. The van der Waals surface area contributed by atoms with Crippen molar-refractivity contribution in [2.45, 2.75) is 0 Å². The summed E-state index contributed by atoms with van der Waals surface area (Å²) >= 11 is 0. The Hall–Kier alpha value is -3.32. The fourth-order valence-electron chi connectivity index (χ4n) is 2.61. The Morgan fingerprint density at radius 2 is 1.79 bits per heavy atom. The summed E-state index contributed by atoms with van der Waals surface area (Å²) in [6.45, 7) is 0. The molecular weight excluding hydrogens is 300 g/mol. The van der Waals surface area contributed by atoms with Gasteiger partial charge in [-0.3, -0.25) is 0 Å². The van der Waals surface area contributed by atoms with E-state index < -0.39 is 0 Å². The lowest BCUT2D eigenvalue weighted by Gasteiger charge is -2.11. The fraction of sp³-hybridized carbons (Fsp3) is 0.100. The van der Waals surface area contributed by atoms with Gasteiger partial charge in [-0.15, -0.1) is 0 Å².